The van der Waals surface area contributed by atoms with Crippen molar-refractivity contribution in [1.82, 2.24) is 9.29 Å². The SMILES string of the molecule is CC(C)c1c(C(=O)NS(=O)(=O)Nc2ccccc2)c(-c2ccc(F)cc2)c(-c2ccc(F)cc2)n1CC[C@@H]1C[C@H](CC(O)OC(C)(C)C)OC(C)(C)O1. The number of halogens is 2. The van der Waals surface area contributed by atoms with Gasteiger partial charge in [-0.15, -0.1) is 0 Å². The van der Waals surface area contributed by atoms with Gasteiger partial charge >= 0.3 is 10.2 Å². The summed E-state index contributed by atoms with van der Waals surface area (Å²) in [4.78, 5) is 14.4. The number of para-hydroxylation sites is 1. The number of aromatic nitrogens is 1. The number of carbonyl (C=O) groups excluding carboxylic acids is 1. The monoisotopic (exact) mass is 753 g/mol. The number of ether oxygens (including phenoxy) is 3. The molecule has 1 amide bonds. The number of rotatable bonds is 13. The largest absolute Gasteiger partial charge is 0.368 e. The van der Waals surface area contributed by atoms with Crippen LogP contribution in [0, 0.1) is 11.6 Å². The van der Waals surface area contributed by atoms with Crippen LogP contribution in [0.2, 0.25) is 0 Å². The second-order valence-electron chi connectivity index (χ2n) is 15.0. The first kappa shape index (κ1) is 40.1. The molecule has 3 N–H and O–H groups in total. The number of benzene rings is 3. The Balaban J connectivity index is 1.60. The first-order valence-corrected chi connectivity index (χ1v) is 19.2. The van der Waals surface area contributed by atoms with E-state index in [0.717, 1.165) is 0 Å². The molecule has 286 valence electrons. The molecule has 0 saturated carbocycles. The van der Waals surface area contributed by atoms with Gasteiger partial charge in [0.05, 0.1) is 34.8 Å². The Hall–Kier alpha value is -4.14. The quantitative estimate of drug-likeness (QED) is 0.118. The number of nitrogens with one attached hydrogen (secondary N) is 2. The standard InChI is InChI=1S/C40H49F2N3O7S/c1-25(2)36-35(38(47)44-53(48,49)43-30-11-9-8-10-12-30)34(26-13-17-28(41)18-14-26)37(27-15-19-29(42)20-16-27)45(36)22-21-31-23-32(51-40(6,7)50-31)24-33(46)52-39(3,4)5/h8-20,25,31-33,43,46H,21-24H2,1-7H3,(H,44,47)/t31-,32-,33?/m1/s1. The van der Waals surface area contributed by atoms with Crippen molar-refractivity contribution in [3.63, 3.8) is 0 Å². The van der Waals surface area contributed by atoms with Gasteiger partial charge in [0.2, 0.25) is 0 Å². The van der Waals surface area contributed by atoms with Crippen LogP contribution < -0.4 is 9.44 Å². The van der Waals surface area contributed by atoms with Crippen LogP contribution in [0.1, 0.15) is 89.7 Å². The van der Waals surface area contributed by atoms with Crippen molar-refractivity contribution in [3.8, 4) is 22.4 Å². The van der Waals surface area contributed by atoms with E-state index in [1.165, 1.54) is 36.4 Å². The van der Waals surface area contributed by atoms with Crippen molar-refractivity contribution >= 4 is 21.8 Å². The van der Waals surface area contributed by atoms with Crippen LogP contribution in [-0.4, -0.2) is 53.9 Å². The molecule has 10 nitrogen and oxygen atoms in total. The maximum absolute atomic E-state index is 14.4. The second kappa shape index (κ2) is 16.1. The molecule has 3 atom stereocenters. The van der Waals surface area contributed by atoms with Crippen LogP contribution in [-0.2, 0) is 31.0 Å². The molecule has 0 aliphatic carbocycles. The van der Waals surface area contributed by atoms with Gasteiger partial charge in [-0.2, -0.15) is 8.42 Å². The highest BCUT2D eigenvalue weighted by Crippen LogP contribution is 2.43. The molecule has 1 aromatic heterocycles. The zero-order valence-corrected chi connectivity index (χ0v) is 32.0. The average Bonchev–Trinajstić information content (AvgIpc) is 3.38. The van der Waals surface area contributed by atoms with E-state index in [1.54, 1.807) is 56.3 Å². The van der Waals surface area contributed by atoms with E-state index in [0.29, 0.717) is 47.5 Å². The third kappa shape index (κ3) is 10.5. The van der Waals surface area contributed by atoms with Crippen LogP contribution in [0.25, 0.3) is 22.4 Å². The second-order valence-corrected chi connectivity index (χ2v) is 16.4. The fourth-order valence-corrected chi connectivity index (χ4v) is 7.70. The van der Waals surface area contributed by atoms with E-state index < -0.39 is 45.4 Å². The Kier molecular flexibility index (Phi) is 12.1. The van der Waals surface area contributed by atoms with Crippen LogP contribution in [0.4, 0.5) is 14.5 Å². The highest BCUT2D eigenvalue weighted by molar-refractivity contribution is 7.91. The van der Waals surface area contributed by atoms with E-state index in [4.69, 9.17) is 14.2 Å². The topological polar surface area (TPSA) is 128 Å². The molecule has 1 fully saturated rings. The van der Waals surface area contributed by atoms with Crippen LogP contribution in [0.15, 0.2) is 78.9 Å². The van der Waals surface area contributed by atoms with E-state index in [-0.39, 0.29) is 35.8 Å². The van der Waals surface area contributed by atoms with Gasteiger partial charge in [-0.1, -0.05) is 44.2 Å². The number of aliphatic hydroxyl groups excluding tert-OH is 1. The van der Waals surface area contributed by atoms with Gasteiger partial charge in [0.15, 0.2) is 12.1 Å². The summed E-state index contributed by atoms with van der Waals surface area (Å²) in [6, 6.07) is 19.5. The minimum atomic E-state index is -4.41. The molecule has 1 aliphatic rings. The van der Waals surface area contributed by atoms with Crippen LogP contribution in [0.5, 0.6) is 0 Å². The Bertz CT molecular complexity index is 1980. The molecule has 0 spiro atoms. The Labute approximate surface area is 310 Å². The molecule has 3 aromatic carbocycles. The van der Waals surface area contributed by atoms with Crippen molar-refractivity contribution < 1.29 is 41.3 Å². The molecule has 0 radical (unpaired) electrons. The molecule has 1 saturated heterocycles. The number of amides is 1. The van der Waals surface area contributed by atoms with Crippen LogP contribution >= 0.6 is 0 Å². The lowest BCUT2D eigenvalue weighted by Gasteiger charge is -2.42. The number of nitrogens with zero attached hydrogens (tertiary/aromatic N) is 1. The third-order valence-electron chi connectivity index (χ3n) is 8.64. The summed E-state index contributed by atoms with van der Waals surface area (Å²) >= 11 is 0. The molecule has 1 unspecified atom stereocenters. The summed E-state index contributed by atoms with van der Waals surface area (Å²) in [5.74, 6) is -3.14. The minimum absolute atomic E-state index is 0.0814. The predicted molar refractivity (Wildman–Crippen MR) is 200 cm³/mol. The number of carbonyl (C=O) groups is 1. The fraction of sp³-hybridized carbons (Fsp3) is 0.425. The predicted octanol–water partition coefficient (Wildman–Crippen LogP) is 8.13. The van der Waals surface area contributed by atoms with Gasteiger partial charge in [0, 0.05) is 30.6 Å². The maximum atomic E-state index is 14.4. The molecule has 4 aromatic rings. The van der Waals surface area contributed by atoms with Crippen molar-refractivity contribution in [3.05, 3.63) is 102 Å². The fourth-order valence-electron chi connectivity index (χ4n) is 6.86. The first-order chi connectivity index (χ1) is 24.8. The highest BCUT2D eigenvalue weighted by atomic mass is 32.2. The highest BCUT2D eigenvalue weighted by Gasteiger charge is 2.38. The number of anilines is 1. The molecular formula is C40H49F2N3O7S. The van der Waals surface area contributed by atoms with Gasteiger partial charge in [-0.3, -0.25) is 9.52 Å². The number of hydrogen-bond donors (Lipinski definition) is 3. The lowest BCUT2D eigenvalue weighted by Crippen LogP contribution is -2.46. The van der Waals surface area contributed by atoms with Crippen molar-refractivity contribution in [2.45, 2.75) is 110 Å². The summed E-state index contributed by atoms with van der Waals surface area (Å²) in [6.45, 7) is 13.3. The molecule has 5 rings (SSSR count). The van der Waals surface area contributed by atoms with Crippen molar-refractivity contribution in [2.75, 3.05) is 4.72 Å². The molecule has 13 heteroatoms. The van der Waals surface area contributed by atoms with Gasteiger partial charge in [-0.05, 0) is 107 Å². The Morgan fingerprint density at radius 1 is 0.943 bits per heavy atom. The third-order valence-corrected chi connectivity index (χ3v) is 9.60. The zero-order valence-electron chi connectivity index (χ0n) is 31.2. The summed E-state index contributed by atoms with van der Waals surface area (Å²) in [5, 5.41) is 10.7. The van der Waals surface area contributed by atoms with Gasteiger partial charge in [0.25, 0.3) is 5.91 Å². The van der Waals surface area contributed by atoms with E-state index in [2.05, 4.69) is 9.44 Å². The summed E-state index contributed by atoms with van der Waals surface area (Å²) in [5.41, 5.74) is 2.21. The number of hydrogen-bond acceptors (Lipinski definition) is 7. The van der Waals surface area contributed by atoms with Gasteiger partial charge < -0.3 is 23.9 Å². The molecular weight excluding hydrogens is 705 g/mol. The smallest absolute Gasteiger partial charge is 0.323 e. The van der Waals surface area contributed by atoms with Gasteiger partial charge in [0.1, 0.15) is 11.6 Å². The van der Waals surface area contributed by atoms with E-state index >= 15 is 0 Å². The zero-order chi connectivity index (χ0) is 38.7. The van der Waals surface area contributed by atoms with Gasteiger partial charge in [-0.25, -0.2) is 13.5 Å². The molecule has 0 bridgehead atoms. The average molecular weight is 754 g/mol. The lowest BCUT2D eigenvalue weighted by atomic mass is 9.94. The van der Waals surface area contributed by atoms with E-state index in [9.17, 15) is 27.1 Å². The maximum Gasteiger partial charge on any atom is 0.323 e. The minimum Gasteiger partial charge on any atom is -0.368 e. The van der Waals surface area contributed by atoms with Crippen LogP contribution in [0.3, 0.4) is 0 Å². The normalized spacial score (nSPS) is 18.2. The molecule has 53 heavy (non-hydrogen) atoms. The summed E-state index contributed by atoms with van der Waals surface area (Å²) in [7, 11) is -4.41. The summed E-state index contributed by atoms with van der Waals surface area (Å²) < 4.78 is 80.1. The van der Waals surface area contributed by atoms with Crippen molar-refractivity contribution in [1.29, 1.82) is 0 Å². The van der Waals surface area contributed by atoms with E-state index in [1.807, 2.05) is 39.2 Å². The molecule has 1 aliphatic heterocycles. The summed E-state index contributed by atoms with van der Waals surface area (Å²) in [6.07, 6.45) is -0.684. The first-order valence-electron chi connectivity index (χ1n) is 17.7. The number of aliphatic hydroxyl groups is 1. The lowest BCUT2D eigenvalue weighted by molar-refractivity contribution is -0.310. The molecule has 2 heterocycles. The Morgan fingerprint density at radius 3 is 2.08 bits per heavy atom. The Morgan fingerprint density at radius 2 is 1.51 bits per heavy atom. The van der Waals surface area contributed by atoms with Crippen molar-refractivity contribution in [2.24, 2.45) is 0 Å².